The van der Waals surface area contributed by atoms with Gasteiger partial charge in [0.25, 0.3) is 0 Å². The number of nitrogens with one attached hydrogen (secondary N) is 1. The fourth-order valence-electron chi connectivity index (χ4n) is 1.97. The summed E-state index contributed by atoms with van der Waals surface area (Å²) in [4.78, 5) is 0. The normalized spacial score (nSPS) is 24.7. The zero-order valence-corrected chi connectivity index (χ0v) is 9.03. The molecule has 1 fully saturated rings. The van der Waals surface area contributed by atoms with Gasteiger partial charge in [-0.2, -0.15) is 0 Å². The molecule has 0 saturated heterocycles. The Balaban J connectivity index is 1.91. The second-order valence-corrected chi connectivity index (χ2v) is 4.39. The van der Waals surface area contributed by atoms with E-state index in [2.05, 4.69) is 5.32 Å². The molecule has 82 valence electrons. The van der Waals surface area contributed by atoms with Gasteiger partial charge >= 0.3 is 0 Å². The average molecular weight is 206 g/mol. The van der Waals surface area contributed by atoms with Gasteiger partial charge in [0.1, 0.15) is 0 Å². The number of aliphatic hydroxyl groups is 1. The quantitative estimate of drug-likeness (QED) is 0.660. The van der Waals surface area contributed by atoms with Gasteiger partial charge < -0.3 is 16.2 Å². The minimum Gasteiger partial charge on any atom is -0.398 e. The molecule has 4 N–H and O–H groups in total. The third-order valence-corrected chi connectivity index (χ3v) is 3.17. The van der Waals surface area contributed by atoms with Crippen molar-refractivity contribution in [3.05, 3.63) is 23.8 Å². The number of nitrogen functional groups attached to an aromatic ring is 1. The van der Waals surface area contributed by atoms with Crippen LogP contribution in [0.25, 0.3) is 0 Å². The van der Waals surface area contributed by atoms with Crippen LogP contribution in [-0.2, 0) is 0 Å². The first-order valence-corrected chi connectivity index (χ1v) is 5.44. The Morgan fingerprint density at radius 2 is 2.20 bits per heavy atom. The lowest BCUT2D eigenvalue weighted by molar-refractivity contribution is 0.0487. The standard InChI is InChI=1S/C12H18N2O/c1-8-11(13)3-2-4-12(8)14-7-9-5-10(15)6-9/h2-4,9-10,14-15H,5-7,13H2,1H3. The predicted molar refractivity (Wildman–Crippen MR) is 62.8 cm³/mol. The van der Waals surface area contributed by atoms with Crippen LogP contribution in [0, 0.1) is 12.8 Å². The fourth-order valence-corrected chi connectivity index (χ4v) is 1.97. The first-order chi connectivity index (χ1) is 7.16. The molecule has 0 amide bonds. The summed E-state index contributed by atoms with van der Waals surface area (Å²) in [6.07, 6.45) is 1.78. The van der Waals surface area contributed by atoms with E-state index >= 15 is 0 Å². The van der Waals surface area contributed by atoms with Crippen LogP contribution in [-0.4, -0.2) is 17.8 Å². The highest BCUT2D eigenvalue weighted by atomic mass is 16.3. The SMILES string of the molecule is Cc1c(N)cccc1NCC1CC(O)C1. The van der Waals surface area contributed by atoms with Gasteiger partial charge in [-0.25, -0.2) is 0 Å². The number of aliphatic hydroxyl groups excluding tert-OH is 1. The maximum absolute atomic E-state index is 9.17. The fraction of sp³-hybridized carbons (Fsp3) is 0.500. The first kappa shape index (κ1) is 10.3. The van der Waals surface area contributed by atoms with Crippen molar-refractivity contribution in [1.29, 1.82) is 0 Å². The topological polar surface area (TPSA) is 58.3 Å². The van der Waals surface area contributed by atoms with Gasteiger partial charge in [0.2, 0.25) is 0 Å². The molecule has 15 heavy (non-hydrogen) atoms. The maximum Gasteiger partial charge on any atom is 0.0546 e. The minimum absolute atomic E-state index is 0.0706. The molecular weight excluding hydrogens is 188 g/mol. The molecule has 0 aliphatic heterocycles. The molecule has 0 unspecified atom stereocenters. The van der Waals surface area contributed by atoms with E-state index < -0.39 is 0 Å². The zero-order chi connectivity index (χ0) is 10.8. The summed E-state index contributed by atoms with van der Waals surface area (Å²) in [6.45, 7) is 2.95. The average Bonchev–Trinajstić information content (AvgIpc) is 2.17. The van der Waals surface area contributed by atoms with Crippen LogP contribution in [0.15, 0.2) is 18.2 Å². The van der Waals surface area contributed by atoms with E-state index in [1.807, 2.05) is 25.1 Å². The maximum atomic E-state index is 9.17. The molecule has 1 aliphatic rings. The van der Waals surface area contributed by atoms with Crippen LogP contribution in [0.4, 0.5) is 11.4 Å². The molecule has 0 heterocycles. The second-order valence-electron chi connectivity index (χ2n) is 4.39. The van der Waals surface area contributed by atoms with Crippen LogP contribution in [0.3, 0.4) is 0 Å². The van der Waals surface area contributed by atoms with E-state index in [1.165, 1.54) is 0 Å². The van der Waals surface area contributed by atoms with Crippen LogP contribution >= 0.6 is 0 Å². The molecule has 1 saturated carbocycles. The van der Waals surface area contributed by atoms with Gasteiger partial charge in [-0.3, -0.25) is 0 Å². The van der Waals surface area contributed by atoms with Gasteiger partial charge in [-0.1, -0.05) is 6.07 Å². The van der Waals surface area contributed by atoms with Crippen molar-refractivity contribution in [2.75, 3.05) is 17.6 Å². The highest BCUT2D eigenvalue weighted by molar-refractivity contribution is 5.62. The Labute approximate surface area is 90.3 Å². The molecule has 3 nitrogen and oxygen atoms in total. The van der Waals surface area contributed by atoms with Crippen LogP contribution in [0.2, 0.25) is 0 Å². The van der Waals surface area contributed by atoms with E-state index in [0.29, 0.717) is 5.92 Å². The molecule has 1 aromatic rings. The van der Waals surface area contributed by atoms with E-state index in [9.17, 15) is 0 Å². The lowest BCUT2D eigenvalue weighted by atomic mass is 9.82. The summed E-state index contributed by atoms with van der Waals surface area (Å²) in [7, 11) is 0. The lowest BCUT2D eigenvalue weighted by Crippen LogP contribution is -2.33. The highest BCUT2D eigenvalue weighted by Crippen LogP contribution is 2.28. The van der Waals surface area contributed by atoms with Crippen molar-refractivity contribution in [1.82, 2.24) is 0 Å². The summed E-state index contributed by atoms with van der Waals surface area (Å²) in [6, 6.07) is 5.91. The Morgan fingerprint density at radius 1 is 1.47 bits per heavy atom. The molecule has 0 spiro atoms. The Kier molecular flexibility index (Phi) is 2.82. The molecule has 0 atom stereocenters. The highest BCUT2D eigenvalue weighted by Gasteiger charge is 2.26. The number of benzene rings is 1. The monoisotopic (exact) mass is 206 g/mol. The summed E-state index contributed by atoms with van der Waals surface area (Å²) in [5, 5.41) is 12.6. The Hall–Kier alpha value is -1.22. The molecule has 1 aliphatic carbocycles. The van der Waals surface area contributed by atoms with E-state index in [1.54, 1.807) is 0 Å². The van der Waals surface area contributed by atoms with E-state index in [4.69, 9.17) is 10.8 Å². The first-order valence-electron chi connectivity index (χ1n) is 5.44. The lowest BCUT2D eigenvalue weighted by Gasteiger charge is -2.31. The van der Waals surface area contributed by atoms with Crippen LogP contribution < -0.4 is 11.1 Å². The number of hydrogen-bond donors (Lipinski definition) is 3. The second kappa shape index (κ2) is 4.11. The molecule has 0 radical (unpaired) electrons. The van der Waals surface area contributed by atoms with Crippen molar-refractivity contribution in [2.45, 2.75) is 25.9 Å². The van der Waals surface area contributed by atoms with Gasteiger partial charge in [0.05, 0.1) is 6.10 Å². The summed E-state index contributed by atoms with van der Waals surface area (Å²) >= 11 is 0. The number of nitrogens with two attached hydrogens (primary N) is 1. The zero-order valence-electron chi connectivity index (χ0n) is 9.03. The molecule has 0 bridgehead atoms. The number of rotatable bonds is 3. The van der Waals surface area contributed by atoms with Gasteiger partial charge in [0.15, 0.2) is 0 Å². The summed E-state index contributed by atoms with van der Waals surface area (Å²) < 4.78 is 0. The molecule has 2 rings (SSSR count). The van der Waals surface area contributed by atoms with Crippen molar-refractivity contribution >= 4 is 11.4 Å². The molecule has 0 aromatic heterocycles. The smallest absolute Gasteiger partial charge is 0.0546 e. The molecule has 3 heteroatoms. The number of anilines is 2. The van der Waals surface area contributed by atoms with Gasteiger partial charge in [-0.05, 0) is 43.4 Å². The van der Waals surface area contributed by atoms with Gasteiger partial charge in [-0.15, -0.1) is 0 Å². The third-order valence-electron chi connectivity index (χ3n) is 3.17. The number of hydrogen-bond acceptors (Lipinski definition) is 3. The molecular formula is C12H18N2O. The van der Waals surface area contributed by atoms with Crippen molar-refractivity contribution in [3.8, 4) is 0 Å². The largest absolute Gasteiger partial charge is 0.398 e. The molecule has 1 aromatic carbocycles. The Bertz CT molecular complexity index is 345. The van der Waals surface area contributed by atoms with Crippen molar-refractivity contribution < 1.29 is 5.11 Å². The van der Waals surface area contributed by atoms with E-state index in [-0.39, 0.29) is 6.10 Å². The summed E-state index contributed by atoms with van der Waals surface area (Å²) in [5.74, 6) is 0.612. The van der Waals surface area contributed by atoms with Gasteiger partial charge in [0, 0.05) is 17.9 Å². The summed E-state index contributed by atoms with van der Waals surface area (Å²) in [5.41, 5.74) is 8.86. The van der Waals surface area contributed by atoms with Crippen LogP contribution in [0.1, 0.15) is 18.4 Å². The minimum atomic E-state index is -0.0706. The third kappa shape index (κ3) is 2.23. The van der Waals surface area contributed by atoms with E-state index in [0.717, 1.165) is 36.3 Å². The van der Waals surface area contributed by atoms with Crippen molar-refractivity contribution in [3.63, 3.8) is 0 Å². The Morgan fingerprint density at radius 3 is 2.87 bits per heavy atom. The predicted octanol–water partition coefficient (Wildman–Crippen LogP) is 1.76. The van der Waals surface area contributed by atoms with Crippen LogP contribution in [0.5, 0.6) is 0 Å². The van der Waals surface area contributed by atoms with Crippen molar-refractivity contribution in [2.24, 2.45) is 5.92 Å².